The van der Waals surface area contributed by atoms with Gasteiger partial charge in [0, 0.05) is 29.8 Å². The number of amides is 2. The van der Waals surface area contributed by atoms with Crippen molar-refractivity contribution in [3.63, 3.8) is 0 Å². The molecule has 3 aromatic heterocycles. The van der Waals surface area contributed by atoms with Crippen LogP contribution in [0.1, 0.15) is 26.5 Å². The SMILES string of the molecule is CC(C)(C)c1cc(NC(=O)Nc2ccc(Oc3ccnc(-c4cnoc4)c3)cc2F)on1. The average molecular weight is 437 g/mol. The van der Waals surface area contributed by atoms with E-state index < -0.39 is 11.8 Å². The minimum atomic E-state index is -0.668. The van der Waals surface area contributed by atoms with E-state index in [-0.39, 0.29) is 22.7 Å². The van der Waals surface area contributed by atoms with Crippen molar-refractivity contribution in [2.45, 2.75) is 26.2 Å². The largest absolute Gasteiger partial charge is 0.457 e. The number of halogens is 1. The van der Waals surface area contributed by atoms with Crippen LogP contribution in [0.2, 0.25) is 0 Å². The lowest BCUT2D eigenvalue weighted by Gasteiger charge is -2.12. The monoisotopic (exact) mass is 437 g/mol. The summed E-state index contributed by atoms with van der Waals surface area (Å²) in [5.74, 6) is 0.197. The van der Waals surface area contributed by atoms with Crippen LogP contribution < -0.4 is 15.4 Å². The Balaban J connectivity index is 1.41. The first-order chi connectivity index (χ1) is 15.3. The van der Waals surface area contributed by atoms with Gasteiger partial charge in [0.25, 0.3) is 0 Å². The zero-order valence-electron chi connectivity index (χ0n) is 17.5. The number of pyridine rings is 1. The van der Waals surface area contributed by atoms with Gasteiger partial charge in [0.2, 0.25) is 5.88 Å². The van der Waals surface area contributed by atoms with Gasteiger partial charge in [-0.15, -0.1) is 0 Å². The van der Waals surface area contributed by atoms with Crippen LogP contribution in [0.3, 0.4) is 0 Å². The standard InChI is InChI=1S/C22H20FN5O4/c1-22(2,3)19-10-20(32-28-19)27-21(29)26-17-5-4-14(8-16(17)23)31-15-6-7-24-18(9-15)13-11-25-30-12-13/h4-12H,1-3H3,(H2,26,27,29). The van der Waals surface area contributed by atoms with Crippen molar-refractivity contribution in [2.24, 2.45) is 0 Å². The van der Waals surface area contributed by atoms with Gasteiger partial charge in [-0.3, -0.25) is 10.3 Å². The fourth-order valence-corrected chi connectivity index (χ4v) is 2.71. The summed E-state index contributed by atoms with van der Waals surface area (Å²) < 4.78 is 30.1. The molecule has 0 aliphatic rings. The summed E-state index contributed by atoms with van der Waals surface area (Å²) in [6.07, 6.45) is 4.54. The number of ether oxygens (including phenoxy) is 1. The molecule has 0 aliphatic heterocycles. The van der Waals surface area contributed by atoms with E-state index in [1.165, 1.54) is 30.7 Å². The van der Waals surface area contributed by atoms with E-state index in [1.807, 2.05) is 20.8 Å². The normalized spacial score (nSPS) is 11.2. The smallest absolute Gasteiger partial charge is 0.326 e. The molecular formula is C22H20FN5O4. The van der Waals surface area contributed by atoms with Gasteiger partial charge in [-0.1, -0.05) is 31.1 Å². The molecule has 3 heterocycles. The first-order valence-electron chi connectivity index (χ1n) is 9.66. The summed E-state index contributed by atoms with van der Waals surface area (Å²) >= 11 is 0. The van der Waals surface area contributed by atoms with Crippen LogP contribution in [0.25, 0.3) is 11.3 Å². The minimum Gasteiger partial charge on any atom is -0.457 e. The Morgan fingerprint density at radius 2 is 1.91 bits per heavy atom. The van der Waals surface area contributed by atoms with Gasteiger partial charge in [0.15, 0.2) is 0 Å². The van der Waals surface area contributed by atoms with Crippen LogP contribution in [-0.2, 0) is 5.41 Å². The van der Waals surface area contributed by atoms with E-state index in [9.17, 15) is 9.18 Å². The number of carbonyl (C=O) groups is 1. The summed E-state index contributed by atoms with van der Waals surface area (Å²) in [5, 5.41) is 12.5. The molecule has 0 radical (unpaired) electrons. The van der Waals surface area contributed by atoms with Crippen LogP contribution in [-0.4, -0.2) is 21.3 Å². The van der Waals surface area contributed by atoms with E-state index in [0.29, 0.717) is 22.7 Å². The van der Waals surface area contributed by atoms with Gasteiger partial charge in [0.1, 0.15) is 23.6 Å². The lowest BCUT2D eigenvalue weighted by atomic mass is 9.92. The van der Waals surface area contributed by atoms with Crippen molar-refractivity contribution in [3.8, 4) is 22.8 Å². The molecule has 0 atom stereocenters. The molecule has 0 unspecified atom stereocenters. The highest BCUT2D eigenvalue weighted by Gasteiger charge is 2.20. The maximum Gasteiger partial charge on any atom is 0.326 e. The molecule has 1 aromatic carbocycles. The van der Waals surface area contributed by atoms with Crippen LogP contribution in [0.4, 0.5) is 20.8 Å². The highest BCUT2D eigenvalue weighted by molar-refractivity contribution is 5.99. The molecule has 164 valence electrons. The molecule has 2 N–H and O–H groups in total. The molecule has 0 aliphatic carbocycles. The average Bonchev–Trinajstić information content (AvgIpc) is 3.42. The third-order valence-corrected chi connectivity index (χ3v) is 4.40. The number of carbonyl (C=O) groups excluding carboxylic acids is 1. The maximum absolute atomic E-state index is 14.5. The predicted molar refractivity (Wildman–Crippen MR) is 114 cm³/mol. The zero-order chi connectivity index (χ0) is 22.7. The highest BCUT2D eigenvalue weighted by Crippen LogP contribution is 2.28. The second kappa shape index (κ2) is 8.50. The second-order valence-electron chi connectivity index (χ2n) is 7.94. The lowest BCUT2D eigenvalue weighted by Crippen LogP contribution is -2.19. The van der Waals surface area contributed by atoms with E-state index in [4.69, 9.17) is 13.8 Å². The number of rotatable bonds is 5. The number of hydrogen-bond acceptors (Lipinski definition) is 7. The highest BCUT2D eigenvalue weighted by atomic mass is 19.1. The number of hydrogen-bond donors (Lipinski definition) is 2. The number of benzene rings is 1. The van der Waals surface area contributed by atoms with Gasteiger partial charge >= 0.3 is 6.03 Å². The van der Waals surface area contributed by atoms with Crippen molar-refractivity contribution in [1.82, 2.24) is 15.3 Å². The first-order valence-corrected chi connectivity index (χ1v) is 9.66. The number of nitrogens with one attached hydrogen (secondary N) is 2. The van der Waals surface area contributed by atoms with Crippen LogP contribution in [0.15, 0.2) is 64.1 Å². The Labute approximate surface area is 182 Å². The van der Waals surface area contributed by atoms with E-state index in [0.717, 1.165) is 0 Å². The Morgan fingerprint density at radius 3 is 2.59 bits per heavy atom. The molecule has 0 spiro atoms. The molecular weight excluding hydrogens is 417 g/mol. The fraction of sp³-hybridized carbons (Fsp3) is 0.182. The second-order valence-corrected chi connectivity index (χ2v) is 7.94. The van der Waals surface area contributed by atoms with Crippen molar-refractivity contribution >= 4 is 17.6 Å². The molecule has 0 bridgehead atoms. The molecule has 0 saturated heterocycles. The Hall–Kier alpha value is -4.21. The Bertz CT molecular complexity index is 1230. The van der Waals surface area contributed by atoms with Gasteiger partial charge in [-0.05, 0) is 18.2 Å². The van der Waals surface area contributed by atoms with E-state index in [2.05, 4.69) is 25.9 Å². The third-order valence-electron chi connectivity index (χ3n) is 4.40. The van der Waals surface area contributed by atoms with Crippen LogP contribution >= 0.6 is 0 Å². The van der Waals surface area contributed by atoms with Gasteiger partial charge in [0.05, 0.1) is 28.8 Å². The maximum atomic E-state index is 14.5. The summed E-state index contributed by atoms with van der Waals surface area (Å²) in [4.78, 5) is 16.4. The van der Waals surface area contributed by atoms with Crippen molar-refractivity contribution < 1.29 is 23.0 Å². The van der Waals surface area contributed by atoms with Gasteiger partial charge < -0.3 is 19.1 Å². The van der Waals surface area contributed by atoms with Crippen molar-refractivity contribution in [3.05, 3.63) is 66.6 Å². The number of nitrogens with zero attached hydrogens (tertiary/aromatic N) is 3. The molecule has 32 heavy (non-hydrogen) atoms. The quantitative estimate of drug-likeness (QED) is 0.418. The molecule has 4 aromatic rings. The summed E-state index contributed by atoms with van der Waals surface area (Å²) in [7, 11) is 0. The number of anilines is 2. The van der Waals surface area contributed by atoms with Crippen LogP contribution in [0.5, 0.6) is 11.5 Å². The molecule has 9 nitrogen and oxygen atoms in total. The molecule has 2 amide bonds. The number of urea groups is 1. The lowest BCUT2D eigenvalue weighted by molar-refractivity contribution is 0.261. The van der Waals surface area contributed by atoms with E-state index in [1.54, 1.807) is 24.4 Å². The molecule has 10 heteroatoms. The summed E-state index contributed by atoms with van der Waals surface area (Å²) in [6.45, 7) is 5.90. The Kier molecular flexibility index (Phi) is 5.59. The van der Waals surface area contributed by atoms with Crippen molar-refractivity contribution in [1.29, 1.82) is 0 Å². The van der Waals surface area contributed by atoms with Crippen molar-refractivity contribution in [2.75, 3.05) is 10.6 Å². The zero-order valence-corrected chi connectivity index (χ0v) is 17.5. The first kappa shape index (κ1) is 21.0. The fourth-order valence-electron chi connectivity index (χ4n) is 2.71. The van der Waals surface area contributed by atoms with E-state index >= 15 is 0 Å². The Morgan fingerprint density at radius 1 is 1.09 bits per heavy atom. The van der Waals surface area contributed by atoms with Gasteiger partial charge in [-0.2, -0.15) is 0 Å². The van der Waals surface area contributed by atoms with Crippen LogP contribution in [0, 0.1) is 5.82 Å². The van der Waals surface area contributed by atoms with Gasteiger partial charge in [-0.25, -0.2) is 9.18 Å². The number of aromatic nitrogens is 3. The summed E-state index contributed by atoms with van der Waals surface area (Å²) in [6, 6.07) is 8.36. The topological polar surface area (TPSA) is 115 Å². The third kappa shape index (κ3) is 4.91. The minimum absolute atomic E-state index is 0.0229. The predicted octanol–water partition coefficient (Wildman–Crippen LogP) is 5.60. The summed E-state index contributed by atoms with van der Waals surface area (Å²) in [5.41, 5.74) is 1.72. The molecule has 0 saturated carbocycles. The molecule has 4 rings (SSSR count). The molecule has 0 fully saturated rings.